The Balaban J connectivity index is 2.09. The maximum absolute atomic E-state index is 12.2. The van der Waals surface area contributed by atoms with Crippen LogP contribution in [0.15, 0.2) is 47.2 Å². The molecule has 0 bridgehead atoms. The molecule has 1 aromatic heterocycles. The van der Waals surface area contributed by atoms with Crippen LogP contribution in [0.25, 0.3) is 0 Å². The second-order valence-corrected chi connectivity index (χ2v) is 5.33. The van der Waals surface area contributed by atoms with Crippen molar-refractivity contribution in [2.45, 2.75) is 13.5 Å². The third-order valence-corrected chi connectivity index (χ3v) is 3.29. The lowest BCUT2D eigenvalue weighted by Gasteiger charge is -2.17. The monoisotopic (exact) mass is 318 g/mol. The zero-order valence-electron chi connectivity index (χ0n) is 10.9. The van der Waals surface area contributed by atoms with Crippen LogP contribution in [0.3, 0.4) is 0 Å². The highest BCUT2D eigenvalue weighted by atomic mass is 79.9. The van der Waals surface area contributed by atoms with Crippen molar-refractivity contribution < 1.29 is 4.79 Å². The SMILES string of the molecule is Cc1cccc(CN(C)C(=O)c2ccc(Br)nc2)c1. The summed E-state index contributed by atoms with van der Waals surface area (Å²) in [5.74, 6) is -0.0264. The highest BCUT2D eigenvalue weighted by molar-refractivity contribution is 9.10. The highest BCUT2D eigenvalue weighted by Crippen LogP contribution is 2.11. The van der Waals surface area contributed by atoms with Gasteiger partial charge < -0.3 is 4.90 Å². The Morgan fingerprint density at radius 1 is 1.32 bits per heavy atom. The van der Waals surface area contributed by atoms with E-state index in [2.05, 4.69) is 27.0 Å². The fraction of sp³-hybridized carbons (Fsp3) is 0.200. The molecule has 0 atom stereocenters. The van der Waals surface area contributed by atoms with Crippen LogP contribution in [0, 0.1) is 6.92 Å². The summed E-state index contributed by atoms with van der Waals surface area (Å²) in [6.45, 7) is 2.64. The molecule has 0 unspecified atom stereocenters. The smallest absolute Gasteiger partial charge is 0.255 e. The maximum atomic E-state index is 12.2. The van der Waals surface area contributed by atoms with E-state index in [1.807, 2.05) is 25.1 Å². The van der Waals surface area contributed by atoms with Crippen LogP contribution in [-0.2, 0) is 6.54 Å². The molecule has 1 heterocycles. The lowest BCUT2D eigenvalue weighted by Crippen LogP contribution is -2.26. The second kappa shape index (κ2) is 5.97. The third kappa shape index (κ3) is 3.64. The van der Waals surface area contributed by atoms with E-state index >= 15 is 0 Å². The molecular formula is C15H15BrN2O. The van der Waals surface area contributed by atoms with Gasteiger partial charge in [-0.1, -0.05) is 29.8 Å². The van der Waals surface area contributed by atoms with Gasteiger partial charge in [-0.2, -0.15) is 0 Å². The van der Waals surface area contributed by atoms with E-state index in [4.69, 9.17) is 0 Å². The minimum Gasteiger partial charge on any atom is -0.337 e. The van der Waals surface area contributed by atoms with Crippen molar-refractivity contribution in [3.63, 3.8) is 0 Å². The summed E-state index contributed by atoms with van der Waals surface area (Å²) in [6.07, 6.45) is 1.58. The zero-order chi connectivity index (χ0) is 13.8. The molecule has 0 aliphatic heterocycles. The van der Waals surface area contributed by atoms with Gasteiger partial charge in [0.1, 0.15) is 4.60 Å². The molecule has 98 valence electrons. The van der Waals surface area contributed by atoms with Crippen LogP contribution in [0.5, 0.6) is 0 Å². The normalized spacial score (nSPS) is 10.3. The van der Waals surface area contributed by atoms with Crippen LogP contribution >= 0.6 is 15.9 Å². The minimum atomic E-state index is -0.0264. The van der Waals surface area contributed by atoms with E-state index in [1.165, 1.54) is 5.56 Å². The number of rotatable bonds is 3. The number of pyridine rings is 1. The van der Waals surface area contributed by atoms with E-state index in [0.29, 0.717) is 12.1 Å². The molecule has 0 radical (unpaired) electrons. The summed E-state index contributed by atoms with van der Waals surface area (Å²) in [4.78, 5) is 18.0. The number of amides is 1. The quantitative estimate of drug-likeness (QED) is 0.812. The van der Waals surface area contributed by atoms with Gasteiger partial charge in [-0.3, -0.25) is 4.79 Å². The molecular weight excluding hydrogens is 304 g/mol. The second-order valence-electron chi connectivity index (χ2n) is 4.52. The van der Waals surface area contributed by atoms with Gasteiger partial charge in [-0.05, 0) is 40.5 Å². The molecule has 3 nitrogen and oxygen atoms in total. The first kappa shape index (κ1) is 13.7. The number of nitrogens with zero attached hydrogens (tertiary/aromatic N) is 2. The van der Waals surface area contributed by atoms with Crippen LogP contribution in [0.1, 0.15) is 21.5 Å². The minimum absolute atomic E-state index is 0.0264. The number of aryl methyl sites for hydroxylation is 1. The Kier molecular flexibility index (Phi) is 4.32. The number of benzene rings is 1. The standard InChI is InChI=1S/C15H15BrN2O/c1-11-4-3-5-12(8-11)10-18(2)15(19)13-6-7-14(16)17-9-13/h3-9H,10H2,1-2H3. The van der Waals surface area contributed by atoms with Crippen LogP contribution in [-0.4, -0.2) is 22.8 Å². The highest BCUT2D eigenvalue weighted by Gasteiger charge is 2.12. The fourth-order valence-electron chi connectivity index (χ4n) is 1.88. The molecule has 0 aliphatic carbocycles. The van der Waals surface area contributed by atoms with Crippen LogP contribution < -0.4 is 0 Å². The average Bonchev–Trinajstić information content (AvgIpc) is 2.39. The van der Waals surface area contributed by atoms with Gasteiger partial charge in [0.25, 0.3) is 5.91 Å². The number of hydrogen-bond acceptors (Lipinski definition) is 2. The summed E-state index contributed by atoms with van der Waals surface area (Å²) in [6, 6.07) is 11.7. The van der Waals surface area contributed by atoms with Gasteiger partial charge in [0, 0.05) is 19.8 Å². The van der Waals surface area contributed by atoms with E-state index in [1.54, 1.807) is 30.3 Å². The van der Waals surface area contributed by atoms with Gasteiger partial charge >= 0.3 is 0 Å². The Hall–Kier alpha value is -1.68. The summed E-state index contributed by atoms with van der Waals surface area (Å²) in [7, 11) is 1.80. The fourth-order valence-corrected chi connectivity index (χ4v) is 2.11. The lowest BCUT2D eigenvalue weighted by atomic mass is 10.1. The first-order valence-electron chi connectivity index (χ1n) is 5.99. The van der Waals surface area contributed by atoms with Gasteiger partial charge in [-0.25, -0.2) is 4.98 Å². The Morgan fingerprint density at radius 3 is 2.74 bits per heavy atom. The maximum Gasteiger partial charge on any atom is 0.255 e. The predicted octanol–water partition coefficient (Wildman–Crippen LogP) is 3.42. The topological polar surface area (TPSA) is 33.2 Å². The van der Waals surface area contributed by atoms with E-state index in [-0.39, 0.29) is 5.91 Å². The molecule has 1 amide bonds. The van der Waals surface area contributed by atoms with Crippen molar-refractivity contribution in [3.8, 4) is 0 Å². The molecule has 0 saturated carbocycles. The Morgan fingerprint density at radius 2 is 2.11 bits per heavy atom. The molecule has 0 fully saturated rings. The molecule has 0 aliphatic rings. The van der Waals surface area contributed by atoms with Crippen molar-refractivity contribution in [3.05, 3.63) is 63.9 Å². The molecule has 2 rings (SSSR count). The molecule has 0 N–H and O–H groups in total. The summed E-state index contributed by atoms with van der Waals surface area (Å²) in [5, 5.41) is 0. The first-order chi connectivity index (χ1) is 9.06. The van der Waals surface area contributed by atoms with E-state index < -0.39 is 0 Å². The summed E-state index contributed by atoms with van der Waals surface area (Å²) < 4.78 is 0.727. The van der Waals surface area contributed by atoms with Gasteiger partial charge in [0.05, 0.1) is 5.56 Å². The average molecular weight is 319 g/mol. The Labute approximate surface area is 121 Å². The first-order valence-corrected chi connectivity index (χ1v) is 6.78. The zero-order valence-corrected chi connectivity index (χ0v) is 12.5. The van der Waals surface area contributed by atoms with Gasteiger partial charge in [0.2, 0.25) is 0 Å². The van der Waals surface area contributed by atoms with Crippen molar-refractivity contribution in [1.82, 2.24) is 9.88 Å². The van der Waals surface area contributed by atoms with E-state index in [0.717, 1.165) is 10.2 Å². The third-order valence-electron chi connectivity index (χ3n) is 2.82. The predicted molar refractivity (Wildman–Crippen MR) is 78.9 cm³/mol. The number of hydrogen-bond donors (Lipinski definition) is 0. The molecule has 1 aromatic carbocycles. The van der Waals surface area contributed by atoms with Crippen LogP contribution in [0.2, 0.25) is 0 Å². The molecule has 4 heteroatoms. The number of aromatic nitrogens is 1. The number of carbonyl (C=O) groups excluding carboxylic acids is 1. The molecule has 0 saturated heterocycles. The number of halogens is 1. The molecule has 19 heavy (non-hydrogen) atoms. The number of carbonyl (C=O) groups is 1. The molecule has 0 spiro atoms. The van der Waals surface area contributed by atoms with Crippen molar-refractivity contribution in [2.75, 3.05) is 7.05 Å². The van der Waals surface area contributed by atoms with E-state index in [9.17, 15) is 4.79 Å². The Bertz CT molecular complexity index is 581. The van der Waals surface area contributed by atoms with Crippen molar-refractivity contribution in [2.24, 2.45) is 0 Å². The summed E-state index contributed by atoms with van der Waals surface area (Å²) in [5.41, 5.74) is 2.92. The largest absolute Gasteiger partial charge is 0.337 e. The van der Waals surface area contributed by atoms with Crippen molar-refractivity contribution in [1.29, 1.82) is 0 Å². The van der Waals surface area contributed by atoms with Gasteiger partial charge in [0.15, 0.2) is 0 Å². The van der Waals surface area contributed by atoms with Crippen LogP contribution in [0.4, 0.5) is 0 Å². The lowest BCUT2D eigenvalue weighted by molar-refractivity contribution is 0.0784. The van der Waals surface area contributed by atoms with Crippen molar-refractivity contribution >= 4 is 21.8 Å². The molecule has 2 aromatic rings. The summed E-state index contributed by atoms with van der Waals surface area (Å²) >= 11 is 3.26. The van der Waals surface area contributed by atoms with Gasteiger partial charge in [-0.15, -0.1) is 0 Å².